The maximum Gasteiger partial charge on any atom is 0.264 e. The lowest BCUT2D eigenvalue weighted by atomic mass is 10.1. The number of hydrogen-bond donors (Lipinski definition) is 1. The molecule has 118 valence electrons. The smallest absolute Gasteiger partial charge is 0.264 e. The molecule has 1 atom stereocenters. The van der Waals surface area contributed by atoms with Crippen molar-refractivity contribution in [3.05, 3.63) is 45.9 Å². The number of carbonyl (C=O) groups is 1. The third-order valence-electron chi connectivity index (χ3n) is 4.13. The van der Waals surface area contributed by atoms with E-state index in [1.54, 1.807) is 15.6 Å². The van der Waals surface area contributed by atoms with Crippen molar-refractivity contribution >= 4 is 34.4 Å². The number of carbonyl (C=O) groups excluding carboxylic acids is 1. The van der Waals surface area contributed by atoms with Crippen molar-refractivity contribution in [2.24, 2.45) is 5.73 Å². The van der Waals surface area contributed by atoms with Crippen LogP contribution < -0.4 is 5.73 Å². The van der Waals surface area contributed by atoms with E-state index >= 15 is 0 Å². The zero-order chi connectivity index (χ0) is 16.0. The van der Waals surface area contributed by atoms with Gasteiger partial charge in [0.15, 0.2) is 0 Å². The first kappa shape index (κ1) is 14.7. The zero-order valence-corrected chi connectivity index (χ0v) is 13.8. The average molecular weight is 347 g/mol. The predicted octanol–water partition coefficient (Wildman–Crippen LogP) is 2.89. The number of halogens is 1. The van der Waals surface area contributed by atoms with Crippen molar-refractivity contribution in [2.45, 2.75) is 12.5 Å². The molecule has 1 aliphatic heterocycles. The van der Waals surface area contributed by atoms with Crippen molar-refractivity contribution in [1.82, 2.24) is 14.5 Å². The van der Waals surface area contributed by atoms with Gasteiger partial charge in [-0.1, -0.05) is 17.7 Å². The third-order valence-corrected chi connectivity index (χ3v) is 5.47. The van der Waals surface area contributed by atoms with Crippen molar-refractivity contribution in [1.29, 1.82) is 0 Å². The Morgan fingerprint density at radius 2 is 2.26 bits per heavy atom. The Labute approximate surface area is 142 Å². The van der Waals surface area contributed by atoms with Gasteiger partial charge in [-0.15, -0.1) is 11.3 Å². The Morgan fingerprint density at radius 1 is 1.39 bits per heavy atom. The van der Waals surface area contributed by atoms with E-state index in [-0.39, 0.29) is 11.9 Å². The van der Waals surface area contributed by atoms with Gasteiger partial charge < -0.3 is 10.6 Å². The maximum atomic E-state index is 12.6. The van der Waals surface area contributed by atoms with E-state index in [9.17, 15) is 4.79 Å². The molecule has 0 aliphatic carbocycles. The number of nitrogens with zero attached hydrogens (tertiary/aromatic N) is 3. The summed E-state index contributed by atoms with van der Waals surface area (Å²) in [5, 5.41) is 4.33. The Bertz CT molecular complexity index is 887. The predicted molar refractivity (Wildman–Crippen MR) is 92.0 cm³/mol. The number of likely N-dealkylation sites (tertiary alicyclic amines) is 1. The zero-order valence-electron chi connectivity index (χ0n) is 12.3. The normalized spacial score (nSPS) is 18.0. The van der Waals surface area contributed by atoms with Gasteiger partial charge in [0.05, 0.1) is 16.6 Å². The first-order valence-electron chi connectivity index (χ1n) is 7.40. The number of hydrogen-bond acceptors (Lipinski definition) is 4. The Morgan fingerprint density at radius 3 is 3.04 bits per heavy atom. The number of aromatic nitrogens is 2. The maximum absolute atomic E-state index is 12.6. The number of pyridine rings is 1. The van der Waals surface area contributed by atoms with Gasteiger partial charge in [0.1, 0.15) is 4.34 Å². The molecule has 0 radical (unpaired) electrons. The van der Waals surface area contributed by atoms with E-state index in [0.29, 0.717) is 22.3 Å². The molecule has 1 saturated heterocycles. The van der Waals surface area contributed by atoms with Gasteiger partial charge in [-0.3, -0.25) is 4.79 Å². The molecule has 2 N–H and O–H groups in total. The standard InChI is InChI=1S/C16H15ClN4OS/c17-15-11(12-8-19-21-5-2-1-3-13(12)21)7-14(23-15)16(22)20-6-4-10(18)9-20/h1-3,5,7-8,10H,4,6,9,18H2. The molecule has 4 rings (SSSR count). The highest BCUT2D eigenvalue weighted by Gasteiger charge is 2.27. The second-order valence-corrected chi connectivity index (χ2v) is 7.34. The molecule has 3 aromatic rings. The molecule has 0 spiro atoms. The van der Waals surface area contributed by atoms with Crippen LogP contribution in [0.3, 0.4) is 0 Å². The van der Waals surface area contributed by atoms with E-state index in [4.69, 9.17) is 17.3 Å². The van der Waals surface area contributed by atoms with Crippen molar-refractivity contribution in [3.8, 4) is 11.1 Å². The van der Waals surface area contributed by atoms with Crippen molar-refractivity contribution in [3.63, 3.8) is 0 Å². The van der Waals surface area contributed by atoms with Crippen LogP contribution in [0.15, 0.2) is 36.7 Å². The minimum Gasteiger partial charge on any atom is -0.336 e. The second-order valence-electron chi connectivity index (χ2n) is 5.69. The van der Waals surface area contributed by atoms with E-state index in [0.717, 1.165) is 23.1 Å². The summed E-state index contributed by atoms with van der Waals surface area (Å²) in [6, 6.07) is 7.80. The molecule has 0 aromatic carbocycles. The Hall–Kier alpha value is -1.89. The van der Waals surface area contributed by atoms with Crippen LogP contribution in [-0.2, 0) is 0 Å². The number of amides is 1. The topological polar surface area (TPSA) is 63.6 Å². The molecule has 5 nitrogen and oxygen atoms in total. The average Bonchev–Trinajstić information content (AvgIpc) is 3.24. The van der Waals surface area contributed by atoms with E-state index in [2.05, 4.69) is 5.10 Å². The molecule has 23 heavy (non-hydrogen) atoms. The van der Waals surface area contributed by atoms with Gasteiger partial charge in [0, 0.05) is 36.5 Å². The molecule has 0 bridgehead atoms. The second kappa shape index (κ2) is 5.63. The van der Waals surface area contributed by atoms with Gasteiger partial charge >= 0.3 is 0 Å². The van der Waals surface area contributed by atoms with Crippen molar-refractivity contribution in [2.75, 3.05) is 13.1 Å². The van der Waals surface area contributed by atoms with Crippen LogP contribution in [0.2, 0.25) is 4.34 Å². The van der Waals surface area contributed by atoms with Crippen LogP contribution >= 0.6 is 22.9 Å². The van der Waals surface area contributed by atoms with Gasteiger partial charge in [0.25, 0.3) is 5.91 Å². The van der Waals surface area contributed by atoms with Crippen LogP contribution in [0.4, 0.5) is 0 Å². The van der Waals surface area contributed by atoms with Crippen LogP contribution in [0.25, 0.3) is 16.6 Å². The number of thiophene rings is 1. The fourth-order valence-electron chi connectivity index (χ4n) is 2.93. The molecule has 0 saturated carbocycles. The third kappa shape index (κ3) is 2.52. The fraction of sp³-hybridized carbons (Fsp3) is 0.250. The number of rotatable bonds is 2. The highest BCUT2D eigenvalue weighted by molar-refractivity contribution is 7.18. The SMILES string of the molecule is NC1CCN(C(=O)c2cc(-c3cnn4ccccc34)c(Cl)s2)C1. The quantitative estimate of drug-likeness (QED) is 0.776. The van der Waals surface area contributed by atoms with Crippen LogP contribution in [0, 0.1) is 0 Å². The molecule has 1 amide bonds. The summed E-state index contributed by atoms with van der Waals surface area (Å²) in [6.45, 7) is 1.32. The minimum atomic E-state index is 0.00701. The Kier molecular flexibility index (Phi) is 3.60. The molecule has 7 heteroatoms. The lowest BCUT2D eigenvalue weighted by Gasteiger charge is -2.13. The first-order valence-corrected chi connectivity index (χ1v) is 8.60. The highest BCUT2D eigenvalue weighted by atomic mass is 35.5. The van der Waals surface area contributed by atoms with Gasteiger partial charge in [-0.05, 0) is 24.6 Å². The molecule has 3 aromatic heterocycles. The van der Waals surface area contributed by atoms with Gasteiger partial charge in [-0.25, -0.2) is 4.52 Å². The summed E-state index contributed by atoms with van der Waals surface area (Å²) in [6.07, 6.45) is 4.52. The molecule has 1 aliphatic rings. The summed E-state index contributed by atoms with van der Waals surface area (Å²) >= 11 is 7.72. The van der Waals surface area contributed by atoms with Gasteiger partial charge in [-0.2, -0.15) is 5.10 Å². The number of fused-ring (bicyclic) bond motifs is 1. The minimum absolute atomic E-state index is 0.00701. The number of nitrogens with two attached hydrogens (primary N) is 1. The lowest BCUT2D eigenvalue weighted by molar-refractivity contribution is 0.0795. The van der Waals surface area contributed by atoms with Gasteiger partial charge in [0.2, 0.25) is 0 Å². The molecular weight excluding hydrogens is 332 g/mol. The molecular formula is C16H15ClN4OS. The summed E-state index contributed by atoms with van der Waals surface area (Å²) in [5.41, 5.74) is 8.64. The van der Waals surface area contributed by atoms with E-state index in [1.807, 2.05) is 30.5 Å². The lowest BCUT2D eigenvalue weighted by Crippen LogP contribution is -2.31. The van der Waals surface area contributed by atoms with Crippen molar-refractivity contribution < 1.29 is 4.79 Å². The molecule has 1 unspecified atom stereocenters. The summed E-state index contributed by atoms with van der Waals surface area (Å²) in [5.74, 6) is 0.00701. The highest BCUT2D eigenvalue weighted by Crippen LogP contribution is 2.38. The largest absolute Gasteiger partial charge is 0.336 e. The summed E-state index contributed by atoms with van der Waals surface area (Å²) in [7, 11) is 0. The molecule has 4 heterocycles. The van der Waals surface area contributed by atoms with E-state index in [1.165, 1.54) is 11.3 Å². The van der Waals surface area contributed by atoms with Crippen LogP contribution in [0.1, 0.15) is 16.1 Å². The monoisotopic (exact) mass is 346 g/mol. The Balaban J connectivity index is 1.71. The van der Waals surface area contributed by atoms with E-state index < -0.39 is 0 Å². The van der Waals surface area contributed by atoms with Crippen LogP contribution in [-0.4, -0.2) is 39.6 Å². The summed E-state index contributed by atoms with van der Waals surface area (Å²) in [4.78, 5) is 15.0. The molecule has 1 fully saturated rings. The van der Waals surface area contributed by atoms with Crippen LogP contribution in [0.5, 0.6) is 0 Å². The first-order chi connectivity index (χ1) is 11.1. The summed E-state index contributed by atoms with van der Waals surface area (Å²) < 4.78 is 2.40. The fourth-order valence-corrected chi connectivity index (χ4v) is 4.20.